The number of benzene rings is 1. The average Bonchev–Trinajstić information content (AvgIpc) is 2.66. The van der Waals surface area contributed by atoms with Gasteiger partial charge in [-0.1, -0.05) is 12.1 Å². The monoisotopic (exact) mass is 436 g/mol. The number of imide groups is 1. The highest BCUT2D eigenvalue weighted by Crippen LogP contribution is 2.33. The number of alkyl halides is 1. The second-order valence-electron chi connectivity index (χ2n) is 9.47. The fourth-order valence-corrected chi connectivity index (χ4v) is 4.02. The summed E-state index contributed by atoms with van der Waals surface area (Å²) >= 11 is 0. The summed E-state index contributed by atoms with van der Waals surface area (Å²) in [6, 6.07) is 4.58. The molecule has 0 saturated carbocycles. The van der Waals surface area contributed by atoms with Gasteiger partial charge in [0.15, 0.2) is 0 Å². The number of hydrogen-bond donors (Lipinski definition) is 1. The summed E-state index contributed by atoms with van der Waals surface area (Å²) in [5.41, 5.74) is -1.15. The van der Waals surface area contributed by atoms with Gasteiger partial charge < -0.3 is 9.64 Å². The molecule has 2 fully saturated rings. The summed E-state index contributed by atoms with van der Waals surface area (Å²) in [7, 11) is 0. The first kappa shape index (κ1) is 23.2. The number of nitrogens with one attached hydrogen (secondary N) is 1. The van der Waals surface area contributed by atoms with Crippen LogP contribution in [0.4, 0.5) is 13.6 Å². The van der Waals surface area contributed by atoms with Gasteiger partial charge in [0.25, 0.3) is 0 Å². The molecule has 1 N–H and O–H groups in total. The molecule has 0 bridgehead atoms. The standard InChI is InChI=1S/C23H30F2N2O4/c1-22(2,3)31-21(30)27-12-10-23(25,11-13-27)9-8-15-4-5-16(14-18(15)24)17-6-7-19(28)26-20(17)29/h4-5,14,17H,6-13H2,1-3H3,(H,26,28,29). The lowest BCUT2D eigenvalue weighted by molar-refractivity contribution is -0.134. The number of piperidine rings is 2. The molecule has 2 aliphatic heterocycles. The second kappa shape index (κ2) is 8.93. The Hall–Kier alpha value is -2.51. The van der Waals surface area contributed by atoms with Gasteiger partial charge in [0.05, 0.1) is 5.92 Å². The van der Waals surface area contributed by atoms with E-state index < -0.39 is 35.0 Å². The van der Waals surface area contributed by atoms with Crippen LogP contribution in [0.15, 0.2) is 18.2 Å². The highest BCUT2D eigenvalue weighted by molar-refractivity contribution is 6.00. The molecule has 3 amide bonds. The minimum Gasteiger partial charge on any atom is -0.444 e. The van der Waals surface area contributed by atoms with E-state index in [9.17, 15) is 18.8 Å². The summed E-state index contributed by atoms with van der Waals surface area (Å²) in [6.07, 6.45) is 0.888. The summed E-state index contributed by atoms with van der Waals surface area (Å²) < 4.78 is 35.2. The van der Waals surface area contributed by atoms with Gasteiger partial charge in [0.2, 0.25) is 11.8 Å². The molecule has 1 aromatic carbocycles. The van der Waals surface area contributed by atoms with Gasteiger partial charge in [-0.15, -0.1) is 0 Å². The first-order valence-electron chi connectivity index (χ1n) is 10.7. The van der Waals surface area contributed by atoms with Crippen LogP contribution in [0.3, 0.4) is 0 Å². The molecule has 0 aliphatic carbocycles. The number of nitrogens with zero attached hydrogens (tertiary/aromatic N) is 1. The second-order valence-corrected chi connectivity index (χ2v) is 9.47. The molecule has 1 unspecified atom stereocenters. The van der Waals surface area contributed by atoms with Crippen molar-refractivity contribution in [1.29, 1.82) is 0 Å². The molecule has 2 heterocycles. The van der Waals surface area contributed by atoms with Gasteiger partial charge in [-0.2, -0.15) is 0 Å². The zero-order valence-corrected chi connectivity index (χ0v) is 18.3. The Kier molecular flexibility index (Phi) is 6.67. The van der Waals surface area contributed by atoms with Crippen molar-refractivity contribution in [2.75, 3.05) is 13.1 Å². The number of likely N-dealkylation sites (tertiary alicyclic amines) is 1. The molecule has 8 heteroatoms. The fourth-order valence-electron chi connectivity index (χ4n) is 4.02. The highest BCUT2D eigenvalue weighted by Gasteiger charge is 2.37. The van der Waals surface area contributed by atoms with Crippen LogP contribution in [0.25, 0.3) is 0 Å². The Morgan fingerprint density at radius 2 is 1.94 bits per heavy atom. The lowest BCUT2D eigenvalue weighted by atomic mass is 9.86. The molecule has 170 valence electrons. The van der Waals surface area contributed by atoms with E-state index in [-0.39, 0.29) is 51.1 Å². The predicted molar refractivity (Wildman–Crippen MR) is 111 cm³/mol. The number of amides is 3. The van der Waals surface area contributed by atoms with Gasteiger partial charge in [0, 0.05) is 19.5 Å². The van der Waals surface area contributed by atoms with Crippen molar-refractivity contribution in [3.63, 3.8) is 0 Å². The van der Waals surface area contributed by atoms with E-state index in [2.05, 4.69) is 5.32 Å². The van der Waals surface area contributed by atoms with Gasteiger partial charge in [-0.25, -0.2) is 13.6 Å². The highest BCUT2D eigenvalue weighted by atomic mass is 19.1. The maximum atomic E-state index is 15.2. The average molecular weight is 436 g/mol. The summed E-state index contributed by atoms with van der Waals surface area (Å²) in [5.74, 6) is -1.75. The van der Waals surface area contributed by atoms with Crippen molar-refractivity contribution in [3.05, 3.63) is 35.1 Å². The molecular formula is C23H30F2N2O4. The lowest BCUT2D eigenvalue weighted by Gasteiger charge is -2.37. The van der Waals surface area contributed by atoms with Crippen molar-refractivity contribution in [2.24, 2.45) is 0 Å². The van der Waals surface area contributed by atoms with E-state index in [0.717, 1.165) is 0 Å². The zero-order chi connectivity index (χ0) is 22.8. The number of carbonyl (C=O) groups is 3. The van der Waals surface area contributed by atoms with E-state index in [0.29, 0.717) is 17.5 Å². The van der Waals surface area contributed by atoms with Gasteiger partial charge in [-0.3, -0.25) is 14.9 Å². The third-order valence-electron chi connectivity index (χ3n) is 5.87. The van der Waals surface area contributed by atoms with Gasteiger partial charge >= 0.3 is 6.09 Å². The number of aryl methyl sites for hydroxylation is 1. The first-order chi connectivity index (χ1) is 14.5. The Morgan fingerprint density at radius 1 is 1.26 bits per heavy atom. The van der Waals surface area contributed by atoms with Gasteiger partial charge in [-0.05, 0) is 70.1 Å². The van der Waals surface area contributed by atoms with Crippen LogP contribution in [0, 0.1) is 5.82 Å². The minimum absolute atomic E-state index is 0.157. The Labute approximate surface area is 181 Å². The fraction of sp³-hybridized carbons (Fsp3) is 0.609. The van der Waals surface area contributed by atoms with E-state index in [1.54, 1.807) is 32.9 Å². The maximum absolute atomic E-state index is 15.2. The smallest absolute Gasteiger partial charge is 0.410 e. The Balaban J connectivity index is 1.55. The first-order valence-corrected chi connectivity index (χ1v) is 10.7. The summed E-state index contributed by atoms with van der Waals surface area (Å²) in [4.78, 5) is 36.9. The third kappa shape index (κ3) is 6.02. The molecule has 2 aliphatic rings. The van der Waals surface area contributed by atoms with Crippen LogP contribution in [-0.2, 0) is 20.7 Å². The molecule has 0 radical (unpaired) electrons. The molecule has 1 atom stereocenters. The quantitative estimate of drug-likeness (QED) is 0.724. The third-order valence-corrected chi connectivity index (χ3v) is 5.87. The van der Waals surface area contributed by atoms with Gasteiger partial charge in [0.1, 0.15) is 17.1 Å². The van der Waals surface area contributed by atoms with Crippen molar-refractivity contribution >= 4 is 17.9 Å². The van der Waals surface area contributed by atoms with Crippen LogP contribution in [0.2, 0.25) is 0 Å². The van der Waals surface area contributed by atoms with Crippen molar-refractivity contribution in [2.45, 2.75) is 76.5 Å². The van der Waals surface area contributed by atoms with Crippen LogP contribution in [0.5, 0.6) is 0 Å². The summed E-state index contributed by atoms with van der Waals surface area (Å²) in [6.45, 7) is 5.89. The topological polar surface area (TPSA) is 75.7 Å². The Bertz CT molecular complexity index is 858. The van der Waals surface area contributed by atoms with Crippen LogP contribution >= 0.6 is 0 Å². The van der Waals surface area contributed by atoms with Crippen molar-refractivity contribution < 1.29 is 27.9 Å². The molecule has 6 nitrogen and oxygen atoms in total. The van der Waals surface area contributed by atoms with Crippen molar-refractivity contribution in [3.8, 4) is 0 Å². The molecule has 0 aromatic heterocycles. The molecule has 0 spiro atoms. The number of halogens is 2. The van der Waals surface area contributed by atoms with E-state index in [1.165, 1.54) is 11.0 Å². The van der Waals surface area contributed by atoms with Crippen LogP contribution in [0.1, 0.15) is 69.9 Å². The molecule has 31 heavy (non-hydrogen) atoms. The normalized spacial score (nSPS) is 21.6. The number of carbonyl (C=O) groups excluding carboxylic acids is 3. The number of ether oxygens (including phenoxy) is 1. The van der Waals surface area contributed by atoms with E-state index in [1.807, 2.05) is 0 Å². The van der Waals surface area contributed by atoms with Crippen molar-refractivity contribution in [1.82, 2.24) is 10.2 Å². The molecular weight excluding hydrogens is 406 g/mol. The van der Waals surface area contributed by atoms with Crippen LogP contribution < -0.4 is 5.32 Å². The largest absolute Gasteiger partial charge is 0.444 e. The van der Waals surface area contributed by atoms with Crippen LogP contribution in [-0.4, -0.2) is 47.2 Å². The maximum Gasteiger partial charge on any atom is 0.410 e. The number of rotatable bonds is 4. The van der Waals surface area contributed by atoms with E-state index in [4.69, 9.17) is 4.74 Å². The molecule has 1 aromatic rings. The lowest BCUT2D eigenvalue weighted by Crippen LogP contribution is -2.46. The predicted octanol–water partition coefficient (Wildman–Crippen LogP) is 4.02. The number of hydrogen-bond acceptors (Lipinski definition) is 4. The molecule has 2 saturated heterocycles. The Morgan fingerprint density at radius 3 is 2.52 bits per heavy atom. The molecule has 3 rings (SSSR count). The zero-order valence-electron chi connectivity index (χ0n) is 18.3. The van der Waals surface area contributed by atoms with E-state index >= 15 is 4.39 Å². The summed E-state index contributed by atoms with van der Waals surface area (Å²) in [5, 5.41) is 2.27. The SMILES string of the molecule is CC(C)(C)OC(=O)N1CCC(F)(CCc2ccc(C3CCC(=O)NC3=O)cc2F)CC1. The minimum atomic E-state index is -1.47.